The van der Waals surface area contributed by atoms with Gasteiger partial charge >= 0.3 is 5.97 Å². The van der Waals surface area contributed by atoms with Crippen LogP contribution in [0.15, 0.2) is 60.7 Å². The number of hydrogen-bond acceptors (Lipinski definition) is 7. The molecule has 0 aliphatic rings. The summed E-state index contributed by atoms with van der Waals surface area (Å²) >= 11 is 0. The Morgan fingerprint density at radius 2 is 1.77 bits per heavy atom. The Morgan fingerprint density at radius 1 is 1.02 bits per heavy atom. The molecule has 0 aliphatic heterocycles. The molecule has 2 amide bonds. The Morgan fingerprint density at radius 3 is 2.45 bits per heavy atom. The predicted octanol–water partition coefficient (Wildman–Crippen LogP) is 4.01. The van der Waals surface area contributed by atoms with Crippen molar-refractivity contribution in [2.75, 3.05) is 26.0 Å². The van der Waals surface area contributed by atoms with Gasteiger partial charge in [0.2, 0.25) is 11.8 Å². The lowest BCUT2D eigenvalue weighted by Gasteiger charge is -2.18. The number of carbonyl (C=O) groups excluding carboxylic acids is 3. The second-order valence-corrected chi connectivity index (χ2v) is 9.38. The molecule has 0 aliphatic carbocycles. The second-order valence-electron chi connectivity index (χ2n) is 9.38. The first-order chi connectivity index (χ1) is 19.2. The minimum absolute atomic E-state index is 0.0378. The van der Waals surface area contributed by atoms with Crippen LogP contribution in [-0.4, -0.2) is 49.2 Å². The number of benzene rings is 3. The molecule has 0 saturated heterocycles. The molecule has 5 N–H and O–H groups in total. The van der Waals surface area contributed by atoms with Gasteiger partial charge in [0.15, 0.2) is 0 Å². The summed E-state index contributed by atoms with van der Waals surface area (Å²) in [5.74, 6) is -1.26. The summed E-state index contributed by atoms with van der Waals surface area (Å²) in [7, 11) is 1.24. The number of aryl methyl sites for hydroxylation is 1. The SMILES string of the molecule is CCc1cc(C[C@H](NC(C)=O)C(=O)NCCCCOc2ccc(-c3ccccc3)c(O)c2C(=O)OC)ccc1N. The molecule has 0 unspecified atom stereocenters. The number of nitrogens with one attached hydrogen (secondary N) is 2. The molecule has 0 spiro atoms. The van der Waals surface area contributed by atoms with Crippen molar-refractivity contribution in [3.63, 3.8) is 0 Å². The zero-order valence-electron chi connectivity index (χ0n) is 23.2. The van der Waals surface area contributed by atoms with E-state index in [1.165, 1.54) is 14.0 Å². The van der Waals surface area contributed by atoms with Crippen LogP contribution in [-0.2, 0) is 27.2 Å². The quantitative estimate of drug-likeness (QED) is 0.144. The van der Waals surface area contributed by atoms with Gasteiger partial charge in [0, 0.05) is 31.1 Å². The number of esters is 1. The number of unbranched alkanes of at least 4 members (excludes halogenated alkanes) is 1. The van der Waals surface area contributed by atoms with Crippen molar-refractivity contribution in [1.29, 1.82) is 0 Å². The van der Waals surface area contributed by atoms with Crippen molar-refractivity contribution < 1.29 is 29.0 Å². The molecule has 9 heteroatoms. The lowest BCUT2D eigenvalue weighted by atomic mass is 10.0. The number of aromatic hydroxyl groups is 1. The number of phenols is 1. The van der Waals surface area contributed by atoms with Crippen LogP contribution in [0.5, 0.6) is 11.5 Å². The van der Waals surface area contributed by atoms with E-state index in [4.69, 9.17) is 15.2 Å². The lowest BCUT2D eigenvalue weighted by molar-refractivity contribution is -0.128. The van der Waals surface area contributed by atoms with E-state index < -0.39 is 12.0 Å². The van der Waals surface area contributed by atoms with E-state index in [1.807, 2.05) is 55.5 Å². The van der Waals surface area contributed by atoms with Crippen LogP contribution in [0.3, 0.4) is 0 Å². The molecule has 0 heterocycles. The molecule has 9 nitrogen and oxygen atoms in total. The number of methoxy groups -OCH3 is 1. The van der Waals surface area contributed by atoms with Crippen molar-refractivity contribution >= 4 is 23.5 Å². The summed E-state index contributed by atoms with van der Waals surface area (Å²) in [6.07, 6.45) is 2.30. The highest BCUT2D eigenvalue weighted by Crippen LogP contribution is 2.38. The third-order valence-electron chi connectivity index (χ3n) is 6.46. The van der Waals surface area contributed by atoms with Crippen LogP contribution in [0.25, 0.3) is 11.1 Å². The van der Waals surface area contributed by atoms with Crippen LogP contribution in [0.1, 0.15) is 48.2 Å². The number of carbonyl (C=O) groups is 3. The molecular weight excluding hydrogens is 510 g/mol. The maximum atomic E-state index is 12.8. The first-order valence-corrected chi connectivity index (χ1v) is 13.3. The van der Waals surface area contributed by atoms with E-state index in [9.17, 15) is 19.5 Å². The van der Waals surface area contributed by atoms with Gasteiger partial charge in [-0.25, -0.2) is 4.79 Å². The number of amides is 2. The van der Waals surface area contributed by atoms with Gasteiger partial charge in [0.05, 0.1) is 13.7 Å². The first-order valence-electron chi connectivity index (χ1n) is 13.3. The van der Waals surface area contributed by atoms with Gasteiger partial charge in [0.25, 0.3) is 0 Å². The van der Waals surface area contributed by atoms with Gasteiger partial charge in [-0.2, -0.15) is 0 Å². The van der Waals surface area contributed by atoms with Gasteiger partial charge in [-0.15, -0.1) is 0 Å². The molecule has 0 aromatic heterocycles. The summed E-state index contributed by atoms with van der Waals surface area (Å²) in [6, 6.07) is 17.5. The van der Waals surface area contributed by atoms with E-state index in [2.05, 4.69) is 10.6 Å². The second kappa shape index (κ2) is 14.6. The highest BCUT2D eigenvalue weighted by Gasteiger charge is 2.23. The van der Waals surface area contributed by atoms with Crippen molar-refractivity contribution in [3.05, 3.63) is 77.4 Å². The standard InChI is InChI=1S/C31H37N3O6/c1-4-22-18-21(12-14-25(22)32)19-26(34-20(2)35)30(37)33-16-8-9-17-40-27-15-13-24(23-10-6-5-7-11-23)29(36)28(27)31(38)39-3/h5-7,10-15,18,26,36H,4,8-9,16-17,19,32H2,1-3H3,(H,33,37)(H,34,35)/t26-/m0/s1. The number of nitrogens with two attached hydrogens (primary N) is 1. The zero-order chi connectivity index (χ0) is 29.1. The average Bonchev–Trinajstić information content (AvgIpc) is 2.95. The fraction of sp³-hybridized carbons (Fsp3) is 0.323. The number of hydrogen-bond donors (Lipinski definition) is 4. The molecule has 0 saturated carbocycles. The zero-order valence-corrected chi connectivity index (χ0v) is 23.2. The van der Waals surface area contributed by atoms with Crippen LogP contribution < -0.4 is 21.1 Å². The molecule has 40 heavy (non-hydrogen) atoms. The smallest absolute Gasteiger partial charge is 0.345 e. The van der Waals surface area contributed by atoms with E-state index in [-0.39, 0.29) is 35.5 Å². The summed E-state index contributed by atoms with van der Waals surface area (Å²) in [4.78, 5) is 37.0. The van der Waals surface area contributed by atoms with Crippen LogP contribution in [0.4, 0.5) is 5.69 Å². The predicted molar refractivity (Wildman–Crippen MR) is 154 cm³/mol. The first kappa shape index (κ1) is 30.0. The lowest BCUT2D eigenvalue weighted by Crippen LogP contribution is -2.47. The van der Waals surface area contributed by atoms with Crippen molar-refractivity contribution in [2.24, 2.45) is 0 Å². The minimum atomic E-state index is -0.712. The molecule has 3 rings (SSSR count). The monoisotopic (exact) mass is 547 g/mol. The molecule has 3 aromatic carbocycles. The minimum Gasteiger partial charge on any atom is -0.506 e. The molecule has 212 valence electrons. The van der Waals surface area contributed by atoms with Gasteiger partial charge in [-0.3, -0.25) is 9.59 Å². The van der Waals surface area contributed by atoms with Crippen LogP contribution in [0.2, 0.25) is 0 Å². The maximum absolute atomic E-state index is 12.8. The van der Waals surface area contributed by atoms with Crippen molar-refractivity contribution in [3.8, 4) is 22.6 Å². The summed E-state index contributed by atoms with van der Waals surface area (Å²) < 4.78 is 10.7. The normalized spacial score (nSPS) is 11.4. The Hall–Kier alpha value is -4.53. The average molecular weight is 548 g/mol. The Labute approximate surface area is 234 Å². The number of nitrogen functional groups attached to an aromatic ring is 1. The van der Waals surface area contributed by atoms with Crippen LogP contribution in [0, 0.1) is 0 Å². The fourth-order valence-electron chi connectivity index (χ4n) is 4.37. The van der Waals surface area contributed by atoms with E-state index in [0.717, 1.165) is 23.1 Å². The Balaban J connectivity index is 1.55. The van der Waals surface area contributed by atoms with Crippen LogP contribution >= 0.6 is 0 Å². The number of rotatable bonds is 13. The summed E-state index contributed by atoms with van der Waals surface area (Å²) in [6.45, 7) is 4.02. The van der Waals surface area contributed by atoms with Gasteiger partial charge < -0.3 is 30.9 Å². The summed E-state index contributed by atoms with van der Waals surface area (Å²) in [5, 5.41) is 16.4. The highest BCUT2D eigenvalue weighted by molar-refractivity contribution is 5.98. The molecule has 1 atom stereocenters. The summed E-state index contributed by atoms with van der Waals surface area (Å²) in [5.41, 5.74) is 9.82. The third kappa shape index (κ3) is 7.99. The molecule has 0 radical (unpaired) electrons. The number of ether oxygens (including phenoxy) is 2. The van der Waals surface area contributed by atoms with E-state index in [0.29, 0.717) is 37.1 Å². The van der Waals surface area contributed by atoms with E-state index in [1.54, 1.807) is 12.1 Å². The molecule has 3 aromatic rings. The van der Waals surface area contributed by atoms with Gasteiger partial charge in [0.1, 0.15) is 23.1 Å². The van der Waals surface area contributed by atoms with Crippen molar-refractivity contribution in [2.45, 2.75) is 45.6 Å². The highest BCUT2D eigenvalue weighted by atomic mass is 16.5. The van der Waals surface area contributed by atoms with Crippen molar-refractivity contribution in [1.82, 2.24) is 10.6 Å². The number of phenolic OH excluding ortho intramolecular Hbond substituents is 1. The molecular formula is C31H37N3O6. The Kier molecular flexibility index (Phi) is 10.9. The van der Waals surface area contributed by atoms with E-state index >= 15 is 0 Å². The fourth-order valence-corrected chi connectivity index (χ4v) is 4.37. The third-order valence-corrected chi connectivity index (χ3v) is 6.46. The van der Waals surface area contributed by atoms with Gasteiger partial charge in [-0.05, 0) is 54.2 Å². The molecule has 0 bridgehead atoms. The number of anilines is 1. The van der Waals surface area contributed by atoms with Gasteiger partial charge in [-0.1, -0.05) is 49.4 Å². The topological polar surface area (TPSA) is 140 Å². The molecule has 0 fully saturated rings. The maximum Gasteiger partial charge on any atom is 0.345 e. The largest absolute Gasteiger partial charge is 0.506 e. The Bertz CT molecular complexity index is 1330.